The molecular formula is C28H32BrN3O7S2. The minimum absolute atomic E-state index is 0.0356. The Balaban J connectivity index is 0.000000152. The minimum atomic E-state index is -2.96. The second-order valence-corrected chi connectivity index (χ2v) is 16.8. The lowest BCUT2D eigenvalue weighted by Crippen LogP contribution is -2.55. The van der Waals surface area contributed by atoms with E-state index in [4.69, 9.17) is 4.74 Å². The van der Waals surface area contributed by atoms with Gasteiger partial charge in [0.05, 0.1) is 36.2 Å². The highest BCUT2D eigenvalue weighted by Crippen LogP contribution is 2.50. The van der Waals surface area contributed by atoms with E-state index >= 15 is 0 Å². The van der Waals surface area contributed by atoms with Gasteiger partial charge in [-0.2, -0.15) is 0 Å². The molecule has 2 spiro atoms. The van der Waals surface area contributed by atoms with Crippen LogP contribution in [0, 0.1) is 0 Å². The Morgan fingerprint density at radius 1 is 0.756 bits per heavy atom. The molecule has 0 N–H and O–H groups in total. The summed E-state index contributed by atoms with van der Waals surface area (Å²) < 4.78 is 52.7. The van der Waals surface area contributed by atoms with Gasteiger partial charge in [0, 0.05) is 72.4 Å². The van der Waals surface area contributed by atoms with E-state index in [-0.39, 0.29) is 40.2 Å². The van der Waals surface area contributed by atoms with E-state index in [1.54, 1.807) is 9.80 Å². The first-order valence-corrected chi connectivity index (χ1v) is 17.9. The molecule has 220 valence electrons. The van der Waals surface area contributed by atoms with E-state index in [9.17, 15) is 26.4 Å². The number of halogens is 1. The normalized spacial score (nSPS) is 23.6. The lowest BCUT2D eigenvalue weighted by Gasteiger charge is -2.38. The van der Waals surface area contributed by atoms with Crippen LogP contribution in [0.1, 0.15) is 25.0 Å². The molecule has 5 aliphatic heterocycles. The number of anilines is 3. The average molecular weight is 667 g/mol. The zero-order valence-electron chi connectivity index (χ0n) is 22.9. The van der Waals surface area contributed by atoms with Gasteiger partial charge in [-0.15, -0.1) is 0 Å². The van der Waals surface area contributed by atoms with Gasteiger partial charge in [0.15, 0.2) is 19.7 Å². The molecule has 0 atom stereocenters. The Hall–Kier alpha value is -2.48. The molecule has 3 fully saturated rings. The van der Waals surface area contributed by atoms with Crippen molar-refractivity contribution in [3.63, 3.8) is 0 Å². The van der Waals surface area contributed by atoms with Gasteiger partial charge in [0.25, 0.3) is 0 Å². The largest absolute Gasteiger partial charge is 0.378 e. The topological polar surface area (TPSA) is 121 Å². The Morgan fingerprint density at radius 3 is 1.68 bits per heavy atom. The first kappa shape index (κ1) is 28.6. The third kappa shape index (κ3) is 4.98. The summed E-state index contributed by atoms with van der Waals surface area (Å²) in [5.41, 5.74) is 3.99. The minimum Gasteiger partial charge on any atom is -0.378 e. The van der Waals surface area contributed by atoms with Crippen LogP contribution < -0.4 is 14.7 Å². The van der Waals surface area contributed by atoms with Crippen molar-refractivity contribution in [2.75, 3.05) is 77.1 Å². The number of hydrogen-bond donors (Lipinski definition) is 0. The van der Waals surface area contributed by atoms with Crippen molar-refractivity contribution < 1.29 is 31.2 Å². The van der Waals surface area contributed by atoms with Crippen molar-refractivity contribution in [3.8, 4) is 0 Å². The van der Waals surface area contributed by atoms with Crippen molar-refractivity contribution >= 4 is 64.5 Å². The quantitative estimate of drug-likeness (QED) is 0.454. The number of carbonyl (C=O) groups excluding carboxylic acids is 2. The number of nitrogens with zero attached hydrogens (tertiary/aromatic N) is 3. The molecule has 0 unspecified atom stereocenters. The molecule has 5 heterocycles. The smallest absolute Gasteiger partial charge is 0.223 e. The van der Waals surface area contributed by atoms with Crippen molar-refractivity contribution in [2.45, 2.75) is 24.7 Å². The molecule has 2 aromatic rings. The predicted octanol–water partition coefficient (Wildman–Crippen LogP) is 2.04. The Labute approximate surface area is 248 Å². The van der Waals surface area contributed by atoms with Crippen LogP contribution in [0.2, 0.25) is 0 Å². The molecule has 0 saturated carbocycles. The molecule has 41 heavy (non-hydrogen) atoms. The zero-order chi connectivity index (χ0) is 29.4. The Kier molecular flexibility index (Phi) is 6.83. The third-order valence-corrected chi connectivity index (χ3v) is 13.2. The summed E-state index contributed by atoms with van der Waals surface area (Å²) in [7, 11) is -5.89. The third-order valence-electron chi connectivity index (χ3n) is 8.71. The van der Waals surface area contributed by atoms with Gasteiger partial charge >= 0.3 is 0 Å². The molecule has 2 amide bonds. The Morgan fingerprint density at radius 2 is 1.22 bits per heavy atom. The first-order chi connectivity index (χ1) is 19.2. The lowest BCUT2D eigenvalue weighted by atomic mass is 9.85. The van der Waals surface area contributed by atoms with Gasteiger partial charge in [0.2, 0.25) is 11.8 Å². The molecular weight excluding hydrogens is 634 g/mol. The standard InChI is InChI=1S/C16H20N2O4S.C12H12BrNO3S/c1-12(19)18-9-16(10-23(20,21)11-16)14-3-2-13(8-15(14)18)17-4-6-22-7-5-17;1-8(15)14-5-12(6-18(16,17)7-12)10-3-2-9(13)4-11(10)14/h2-3,8H,4-7,9-11H2,1H3;2-4H,5-7H2,1H3. The molecule has 13 heteroatoms. The van der Waals surface area contributed by atoms with E-state index in [1.165, 1.54) is 13.8 Å². The van der Waals surface area contributed by atoms with Crippen LogP contribution in [-0.4, -0.2) is 91.1 Å². The molecule has 3 saturated heterocycles. The lowest BCUT2D eigenvalue weighted by molar-refractivity contribution is -0.117. The molecule has 0 aromatic heterocycles. The highest BCUT2D eigenvalue weighted by atomic mass is 79.9. The number of amides is 2. The van der Waals surface area contributed by atoms with Crippen molar-refractivity contribution in [3.05, 3.63) is 52.0 Å². The van der Waals surface area contributed by atoms with Crippen LogP contribution in [0.4, 0.5) is 17.1 Å². The van der Waals surface area contributed by atoms with E-state index in [2.05, 4.69) is 20.8 Å². The van der Waals surface area contributed by atoms with Crippen LogP contribution in [0.15, 0.2) is 40.9 Å². The van der Waals surface area contributed by atoms with E-state index in [0.717, 1.165) is 45.8 Å². The van der Waals surface area contributed by atoms with Crippen LogP contribution in [0.3, 0.4) is 0 Å². The second-order valence-electron chi connectivity index (χ2n) is 11.8. The highest BCUT2D eigenvalue weighted by Gasteiger charge is 2.57. The van der Waals surface area contributed by atoms with Gasteiger partial charge < -0.3 is 19.4 Å². The van der Waals surface area contributed by atoms with Gasteiger partial charge in [-0.1, -0.05) is 28.1 Å². The van der Waals surface area contributed by atoms with Gasteiger partial charge in [-0.25, -0.2) is 16.8 Å². The summed E-state index contributed by atoms with van der Waals surface area (Å²) in [6.07, 6.45) is 0. The van der Waals surface area contributed by atoms with E-state index in [0.29, 0.717) is 26.3 Å². The average Bonchev–Trinajstić information content (AvgIpc) is 3.37. The monoisotopic (exact) mass is 665 g/mol. The molecule has 2 aromatic carbocycles. The van der Waals surface area contributed by atoms with E-state index < -0.39 is 25.1 Å². The number of hydrogen-bond acceptors (Lipinski definition) is 8. The zero-order valence-corrected chi connectivity index (χ0v) is 26.1. The number of fused-ring (bicyclic) bond motifs is 4. The molecule has 10 nitrogen and oxygen atoms in total. The summed E-state index contributed by atoms with van der Waals surface area (Å²) in [6.45, 7) is 7.08. The van der Waals surface area contributed by atoms with Gasteiger partial charge in [-0.05, 0) is 35.4 Å². The maximum Gasteiger partial charge on any atom is 0.223 e. The number of benzene rings is 2. The first-order valence-electron chi connectivity index (χ1n) is 13.5. The molecule has 0 radical (unpaired) electrons. The molecule has 5 aliphatic rings. The maximum atomic E-state index is 12.0. The van der Waals surface area contributed by atoms with Gasteiger partial charge in [-0.3, -0.25) is 9.59 Å². The molecule has 0 aliphatic carbocycles. The number of ether oxygens (including phenoxy) is 1. The van der Waals surface area contributed by atoms with Crippen molar-refractivity contribution in [1.82, 2.24) is 0 Å². The molecule has 7 rings (SSSR count). The summed E-state index contributed by atoms with van der Waals surface area (Å²) in [5.74, 6) is 0.514. The maximum absolute atomic E-state index is 12.0. The Bertz CT molecular complexity index is 1650. The second kappa shape index (κ2) is 9.78. The van der Waals surface area contributed by atoms with Crippen molar-refractivity contribution in [1.29, 1.82) is 0 Å². The number of carbonyl (C=O) groups is 2. The van der Waals surface area contributed by atoms with Crippen LogP contribution in [0.25, 0.3) is 0 Å². The number of rotatable bonds is 1. The van der Waals surface area contributed by atoms with Crippen molar-refractivity contribution in [2.24, 2.45) is 0 Å². The predicted molar refractivity (Wildman–Crippen MR) is 160 cm³/mol. The summed E-state index contributed by atoms with van der Waals surface area (Å²) in [6, 6.07) is 11.8. The van der Waals surface area contributed by atoms with Gasteiger partial charge in [0.1, 0.15) is 0 Å². The van der Waals surface area contributed by atoms with Crippen LogP contribution in [0.5, 0.6) is 0 Å². The van der Waals surface area contributed by atoms with Crippen LogP contribution in [-0.2, 0) is 44.8 Å². The highest BCUT2D eigenvalue weighted by molar-refractivity contribution is 9.10. The van der Waals surface area contributed by atoms with Crippen LogP contribution >= 0.6 is 15.9 Å². The van der Waals surface area contributed by atoms with E-state index in [1.807, 2.05) is 36.4 Å². The number of morpholine rings is 1. The summed E-state index contributed by atoms with van der Waals surface area (Å²) in [4.78, 5) is 29.3. The fourth-order valence-corrected chi connectivity index (χ4v) is 11.5. The SMILES string of the molecule is CC(=O)N1CC2(CS(=O)(=O)C2)c2ccc(Br)cc21.CC(=O)N1CC2(CS(=O)(=O)C2)c2ccc(N3CCOCC3)cc21. The molecule has 0 bridgehead atoms. The fraction of sp³-hybridized carbons (Fsp3) is 0.500. The number of sulfone groups is 2. The fourth-order valence-electron chi connectivity index (χ4n) is 6.99. The summed E-state index contributed by atoms with van der Waals surface area (Å²) in [5, 5.41) is 0. The summed E-state index contributed by atoms with van der Waals surface area (Å²) >= 11 is 3.39.